The molecular weight excluding hydrogens is 482 g/mol. The molecule has 2 heterocycles. The van der Waals surface area contributed by atoms with E-state index in [1.807, 2.05) is 78.9 Å². The van der Waals surface area contributed by atoms with Crippen molar-refractivity contribution < 1.29 is 9.47 Å². The van der Waals surface area contributed by atoms with Crippen molar-refractivity contribution in [1.29, 1.82) is 0 Å². The van der Waals surface area contributed by atoms with Crippen molar-refractivity contribution in [2.45, 2.75) is 6.61 Å². The summed E-state index contributed by atoms with van der Waals surface area (Å²) < 4.78 is 13.3. The van der Waals surface area contributed by atoms with Crippen molar-refractivity contribution in [3.05, 3.63) is 115 Å². The fourth-order valence-corrected chi connectivity index (χ4v) is 4.48. The highest BCUT2D eigenvalue weighted by molar-refractivity contribution is 7.15. The van der Waals surface area contributed by atoms with Gasteiger partial charge in [-0.25, -0.2) is 0 Å². The molecular formula is C27H20ClN3O3S. The van der Waals surface area contributed by atoms with E-state index in [1.165, 1.54) is 15.9 Å². The topological polar surface area (TPSA) is 65.7 Å². The van der Waals surface area contributed by atoms with Crippen LogP contribution in [0.15, 0.2) is 77.6 Å². The van der Waals surface area contributed by atoms with Crippen LogP contribution < -0.4 is 19.6 Å². The van der Waals surface area contributed by atoms with E-state index in [9.17, 15) is 4.79 Å². The Morgan fingerprint density at radius 3 is 2.49 bits per heavy atom. The minimum atomic E-state index is -0.216. The van der Waals surface area contributed by atoms with Crippen LogP contribution in [0.2, 0.25) is 5.02 Å². The second-order valence-electron chi connectivity index (χ2n) is 7.65. The van der Waals surface area contributed by atoms with Crippen LogP contribution in [0.5, 0.6) is 11.5 Å². The smallest absolute Gasteiger partial charge is 0.291 e. The van der Waals surface area contributed by atoms with Gasteiger partial charge in [-0.2, -0.15) is 9.50 Å². The molecule has 0 fully saturated rings. The van der Waals surface area contributed by atoms with Gasteiger partial charge < -0.3 is 9.47 Å². The summed E-state index contributed by atoms with van der Waals surface area (Å²) in [7, 11) is 1.59. The van der Waals surface area contributed by atoms with Gasteiger partial charge in [0.15, 0.2) is 17.3 Å². The lowest BCUT2D eigenvalue weighted by Gasteiger charge is -2.11. The van der Waals surface area contributed by atoms with Gasteiger partial charge in [-0.3, -0.25) is 4.79 Å². The predicted molar refractivity (Wildman–Crippen MR) is 140 cm³/mol. The molecule has 0 spiro atoms. The van der Waals surface area contributed by atoms with Crippen LogP contribution in [0.25, 0.3) is 23.2 Å². The van der Waals surface area contributed by atoms with Crippen LogP contribution in [0.4, 0.5) is 0 Å². The number of benzene rings is 3. The zero-order chi connectivity index (χ0) is 24.2. The van der Waals surface area contributed by atoms with Crippen molar-refractivity contribution in [2.75, 3.05) is 7.11 Å². The third kappa shape index (κ3) is 5.26. The van der Waals surface area contributed by atoms with Crippen LogP contribution in [-0.4, -0.2) is 21.7 Å². The normalized spacial score (nSPS) is 12.0. The zero-order valence-corrected chi connectivity index (χ0v) is 20.3. The molecule has 174 valence electrons. The van der Waals surface area contributed by atoms with Crippen LogP contribution >= 0.6 is 22.9 Å². The van der Waals surface area contributed by atoms with Crippen LogP contribution in [0.3, 0.4) is 0 Å². The Morgan fingerprint density at radius 1 is 0.971 bits per heavy atom. The molecule has 0 aliphatic heterocycles. The molecule has 0 saturated heterocycles. The average molecular weight is 502 g/mol. The van der Waals surface area contributed by atoms with Gasteiger partial charge in [0.1, 0.15) is 6.61 Å². The van der Waals surface area contributed by atoms with Gasteiger partial charge in [0, 0.05) is 5.02 Å². The van der Waals surface area contributed by atoms with Crippen molar-refractivity contribution >= 4 is 46.1 Å². The molecule has 0 amide bonds. The summed E-state index contributed by atoms with van der Waals surface area (Å²) in [6.07, 6.45) is 5.45. The molecule has 0 unspecified atom stereocenters. The highest BCUT2D eigenvalue weighted by atomic mass is 35.5. The molecule has 0 aliphatic rings. The highest BCUT2D eigenvalue weighted by Crippen LogP contribution is 2.29. The number of hydrogen-bond donors (Lipinski definition) is 0. The molecule has 8 heteroatoms. The standard InChI is InChI=1S/C27H20ClN3O3S/c1-33-23-15-20(9-13-22(23)34-17-19-5-3-2-4-6-19)16-24-26(32)31-27(35-24)29-25(30-31)14-10-18-7-11-21(28)12-8-18/h2-16H,17H2,1H3/b14-10+,24-16+. The quantitative estimate of drug-likeness (QED) is 0.310. The first-order valence-corrected chi connectivity index (χ1v) is 12.0. The van der Waals surface area contributed by atoms with Crippen molar-refractivity contribution in [3.8, 4) is 11.5 Å². The predicted octanol–water partition coefficient (Wildman–Crippen LogP) is 5.11. The maximum atomic E-state index is 12.9. The molecule has 6 nitrogen and oxygen atoms in total. The van der Waals surface area contributed by atoms with E-state index in [0.29, 0.717) is 38.4 Å². The molecule has 5 aromatic rings. The Morgan fingerprint density at radius 2 is 1.74 bits per heavy atom. The third-order valence-corrected chi connectivity index (χ3v) is 6.43. The number of hydrogen-bond acceptors (Lipinski definition) is 6. The van der Waals surface area contributed by atoms with Gasteiger partial charge in [0.05, 0.1) is 11.6 Å². The minimum absolute atomic E-state index is 0.216. The summed E-state index contributed by atoms with van der Waals surface area (Å²) in [5.74, 6) is 1.70. The van der Waals surface area contributed by atoms with E-state index in [1.54, 1.807) is 19.3 Å². The molecule has 0 N–H and O–H groups in total. The lowest BCUT2D eigenvalue weighted by molar-refractivity contribution is 0.284. The molecule has 0 saturated carbocycles. The summed E-state index contributed by atoms with van der Waals surface area (Å²) in [5.41, 5.74) is 2.64. The van der Waals surface area contributed by atoms with Gasteiger partial charge >= 0.3 is 0 Å². The Bertz CT molecular complexity index is 1610. The summed E-state index contributed by atoms with van der Waals surface area (Å²) in [6, 6.07) is 22.9. The fraction of sp³-hybridized carbons (Fsp3) is 0.0741. The van der Waals surface area contributed by atoms with Crippen molar-refractivity contribution in [2.24, 2.45) is 0 Å². The van der Waals surface area contributed by atoms with E-state index in [2.05, 4.69) is 10.1 Å². The largest absolute Gasteiger partial charge is 0.493 e. The molecule has 0 aliphatic carbocycles. The SMILES string of the molecule is COc1cc(/C=c2/sc3nc(/C=C/c4ccc(Cl)cc4)nn3c2=O)ccc1OCc1ccccc1. The van der Waals surface area contributed by atoms with Crippen LogP contribution in [-0.2, 0) is 6.61 Å². The third-order valence-electron chi connectivity index (χ3n) is 5.22. The average Bonchev–Trinajstić information content (AvgIpc) is 3.41. The number of nitrogens with zero attached hydrogens (tertiary/aromatic N) is 3. The van der Waals surface area contributed by atoms with E-state index in [4.69, 9.17) is 21.1 Å². The molecule has 0 radical (unpaired) electrons. The number of methoxy groups -OCH3 is 1. The molecule has 35 heavy (non-hydrogen) atoms. The monoisotopic (exact) mass is 501 g/mol. The number of thiazole rings is 1. The Balaban J connectivity index is 1.37. The van der Waals surface area contributed by atoms with Crippen molar-refractivity contribution in [3.63, 3.8) is 0 Å². The van der Waals surface area contributed by atoms with Crippen LogP contribution in [0, 0.1) is 0 Å². The number of ether oxygens (including phenoxy) is 2. The fourth-order valence-electron chi connectivity index (χ4n) is 3.44. The molecule has 3 aromatic carbocycles. The lowest BCUT2D eigenvalue weighted by atomic mass is 10.2. The number of fused-ring (bicyclic) bond motifs is 1. The van der Waals surface area contributed by atoms with E-state index in [-0.39, 0.29) is 5.56 Å². The van der Waals surface area contributed by atoms with Gasteiger partial charge in [0.25, 0.3) is 5.56 Å². The van der Waals surface area contributed by atoms with Gasteiger partial charge in [-0.15, -0.1) is 5.10 Å². The van der Waals surface area contributed by atoms with E-state index in [0.717, 1.165) is 16.7 Å². The summed E-state index contributed by atoms with van der Waals surface area (Å²) in [4.78, 5) is 17.9. The van der Waals surface area contributed by atoms with E-state index < -0.39 is 0 Å². The maximum Gasteiger partial charge on any atom is 0.291 e. The Kier molecular flexibility index (Phi) is 6.61. The summed E-state index contributed by atoms with van der Waals surface area (Å²) in [5, 5.41) is 5.01. The number of halogens is 1. The van der Waals surface area contributed by atoms with E-state index >= 15 is 0 Å². The number of rotatable bonds is 7. The van der Waals surface area contributed by atoms with Crippen molar-refractivity contribution in [1.82, 2.24) is 14.6 Å². The first-order valence-electron chi connectivity index (χ1n) is 10.8. The molecule has 5 rings (SSSR count). The first-order chi connectivity index (χ1) is 17.1. The second-order valence-corrected chi connectivity index (χ2v) is 9.10. The Labute approximate surface area is 210 Å². The molecule has 2 aromatic heterocycles. The molecule has 0 bridgehead atoms. The van der Waals surface area contributed by atoms with Gasteiger partial charge in [-0.1, -0.05) is 77.5 Å². The summed E-state index contributed by atoms with van der Waals surface area (Å²) in [6.45, 7) is 0.438. The summed E-state index contributed by atoms with van der Waals surface area (Å²) >= 11 is 7.20. The minimum Gasteiger partial charge on any atom is -0.493 e. The van der Waals surface area contributed by atoms with Gasteiger partial charge in [-0.05, 0) is 53.1 Å². The zero-order valence-electron chi connectivity index (χ0n) is 18.7. The molecule has 0 atom stereocenters. The highest BCUT2D eigenvalue weighted by Gasteiger charge is 2.10. The first kappa shape index (κ1) is 22.8. The maximum absolute atomic E-state index is 12.9. The Hall–Kier alpha value is -3.94. The van der Waals surface area contributed by atoms with Gasteiger partial charge in [0.2, 0.25) is 4.96 Å². The number of aromatic nitrogens is 3. The second kappa shape index (κ2) is 10.1. The van der Waals surface area contributed by atoms with Crippen LogP contribution in [0.1, 0.15) is 22.5 Å². The lowest BCUT2D eigenvalue weighted by Crippen LogP contribution is -2.23.